The van der Waals surface area contributed by atoms with Crippen molar-refractivity contribution < 1.29 is 14.5 Å². The van der Waals surface area contributed by atoms with Crippen LogP contribution >= 0.6 is 0 Å². The van der Waals surface area contributed by atoms with Crippen LogP contribution in [0, 0.1) is 11.3 Å². The molecule has 118 valence electrons. The topological polar surface area (TPSA) is 86.4 Å². The van der Waals surface area contributed by atoms with E-state index in [0.29, 0.717) is 24.3 Å². The van der Waals surface area contributed by atoms with Crippen molar-refractivity contribution in [3.05, 3.63) is 29.8 Å². The number of para-hydroxylation sites is 1. The molecule has 0 saturated heterocycles. The molecule has 1 aromatic rings. The van der Waals surface area contributed by atoms with Crippen LogP contribution in [-0.2, 0) is 9.59 Å². The van der Waals surface area contributed by atoms with Gasteiger partial charge in [-0.05, 0) is 32.9 Å². The van der Waals surface area contributed by atoms with E-state index in [-0.39, 0.29) is 24.4 Å². The number of quaternary nitrogens is 1. The van der Waals surface area contributed by atoms with Crippen LogP contribution in [0.15, 0.2) is 24.3 Å². The molecule has 0 bridgehead atoms. The number of rotatable bonds is 7. The first kappa shape index (κ1) is 17.7. The Morgan fingerprint density at radius 3 is 2.59 bits per heavy atom. The molecule has 6 nitrogen and oxygen atoms in total. The summed E-state index contributed by atoms with van der Waals surface area (Å²) in [6.45, 7) is 7.05. The number of nitrogens with zero attached hydrogens (tertiary/aromatic N) is 1. The molecule has 0 saturated carbocycles. The molecule has 0 spiro atoms. The third kappa shape index (κ3) is 4.86. The van der Waals surface area contributed by atoms with E-state index in [1.807, 2.05) is 19.9 Å². The smallest absolute Gasteiger partial charge is 0.282 e. The minimum absolute atomic E-state index is 0.0728. The highest BCUT2D eigenvalue weighted by molar-refractivity contribution is 5.94. The number of hydrogen-bond donors (Lipinski definition) is 3. The number of benzene rings is 1. The van der Waals surface area contributed by atoms with E-state index >= 15 is 0 Å². The van der Waals surface area contributed by atoms with Gasteiger partial charge in [0.25, 0.3) is 11.8 Å². The number of hydrogen-bond acceptors (Lipinski definition) is 3. The lowest BCUT2D eigenvalue weighted by atomic mass is 10.2. The van der Waals surface area contributed by atoms with Crippen LogP contribution in [-0.4, -0.2) is 37.5 Å². The standard InChI is InChI=1S/C16H22N4O2/c1-4-18-15(21)11-20(5-2)12(3)16(22)19-14-9-7-6-8-13(14)10-17/h6-9,12H,4-5,11H2,1-3H3,(H,18,21)(H,19,22)/p+1/t12-/m1/s1. The van der Waals surface area contributed by atoms with Crippen molar-refractivity contribution in [3.63, 3.8) is 0 Å². The zero-order valence-electron chi connectivity index (χ0n) is 13.3. The molecule has 1 rings (SSSR count). The molecule has 0 fully saturated rings. The van der Waals surface area contributed by atoms with Gasteiger partial charge in [-0.15, -0.1) is 0 Å². The van der Waals surface area contributed by atoms with E-state index in [2.05, 4.69) is 10.6 Å². The summed E-state index contributed by atoms with van der Waals surface area (Å²) < 4.78 is 0. The van der Waals surface area contributed by atoms with E-state index < -0.39 is 0 Å². The van der Waals surface area contributed by atoms with E-state index in [0.717, 1.165) is 4.90 Å². The van der Waals surface area contributed by atoms with Gasteiger partial charge in [0.05, 0.1) is 17.8 Å². The monoisotopic (exact) mass is 303 g/mol. The number of anilines is 1. The average molecular weight is 303 g/mol. The number of carbonyl (C=O) groups excluding carboxylic acids is 2. The van der Waals surface area contributed by atoms with E-state index in [1.54, 1.807) is 31.2 Å². The maximum Gasteiger partial charge on any atom is 0.282 e. The molecule has 2 atom stereocenters. The van der Waals surface area contributed by atoms with Crippen LogP contribution in [0.3, 0.4) is 0 Å². The number of likely N-dealkylation sites (N-methyl/N-ethyl adjacent to an activating group) is 2. The van der Waals surface area contributed by atoms with Crippen LogP contribution in [0.2, 0.25) is 0 Å². The summed E-state index contributed by atoms with van der Waals surface area (Å²) in [5.41, 5.74) is 0.917. The van der Waals surface area contributed by atoms with Gasteiger partial charge in [-0.1, -0.05) is 12.1 Å². The molecule has 0 aromatic heterocycles. The third-order valence-electron chi connectivity index (χ3n) is 3.53. The first-order chi connectivity index (χ1) is 10.5. The van der Waals surface area contributed by atoms with Gasteiger partial charge in [0.1, 0.15) is 6.07 Å². The average Bonchev–Trinajstić information content (AvgIpc) is 2.52. The molecule has 0 aliphatic carbocycles. The Labute approximate surface area is 131 Å². The van der Waals surface area contributed by atoms with E-state index in [4.69, 9.17) is 5.26 Å². The predicted octanol–water partition coefficient (Wildman–Crippen LogP) is -0.0738. The fourth-order valence-electron chi connectivity index (χ4n) is 2.17. The maximum absolute atomic E-state index is 12.3. The van der Waals surface area contributed by atoms with Gasteiger partial charge in [-0.2, -0.15) is 5.26 Å². The van der Waals surface area contributed by atoms with Crippen LogP contribution in [0.5, 0.6) is 0 Å². The maximum atomic E-state index is 12.3. The molecule has 0 radical (unpaired) electrons. The Morgan fingerprint density at radius 2 is 2.00 bits per heavy atom. The van der Waals surface area contributed by atoms with Crippen molar-refractivity contribution in [2.75, 3.05) is 25.0 Å². The molecule has 1 aromatic carbocycles. The Bertz CT molecular complexity index is 566. The number of nitrogens with one attached hydrogen (secondary N) is 3. The van der Waals surface area contributed by atoms with E-state index in [1.165, 1.54) is 0 Å². The van der Waals surface area contributed by atoms with Gasteiger partial charge in [-0.25, -0.2) is 0 Å². The first-order valence-corrected chi connectivity index (χ1v) is 7.44. The fraction of sp³-hybridized carbons (Fsp3) is 0.438. The second-order valence-corrected chi connectivity index (χ2v) is 5.01. The molecular weight excluding hydrogens is 280 g/mol. The summed E-state index contributed by atoms with van der Waals surface area (Å²) in [6, 6.07) is 8.51. The minimum Gasteiger partial charge on any atom is -0.351 e. The van der Waals surface area contributed by atoms with Gasteiger partial charge < -0.3 is 15.5 Å². The molecular formula is C16H23N4O2+. The lowest BCUT2D eigenvalue weighted by Crippen LogP contribution is -3.17. The molecule has 0 aliphatic rings. The van der Waals surface area contributed by atoms with Crippen LogP contribution in [0.25, 0.3) is 0 Å². The third-order valence-corrected chi connectivity index (χ3v) is 3.53. The van der Waals surface area contributed by atoms with Crippen LogP contribution in [0.4, 0.5) is 5.69 Å². The molecule has 2 amide bonds. The summed E-state index contributed by atoms with van der Waals surface area (Å²) in [5, 5.41) is 14.5. The van der Waals surface area contributed by atoms with Crippen molar-refractivity contribution in [2.24, 2.45) is 0 Å². The van der Waals surface area contributed by atoms with Gasteiger partial charge in [0, 0.05) is 6.54 Å². The van der Waals surface area contributed by atoms with Crippen molar-refractivity contribution in [3.8, 4) is 6.07 Å². The van der Waals surface area contributed by atoms with Crippen molar-refractivity contribution in [2.45, 2.75) is 26.8 Å². The summed E-state index contributed by atoms with van der Waals surface area (Å²) in [7, 11) is 0. The Morgan fingerprint density at radius 1 is 1.32 bits per heavy atom. The van der Waals surface area contributed by atoms with Crippen molar-refractivity contribution >= 4 is 17.5 Å². The number of carbonyl (C=O) groups is 2. The Kier molecular flexibility index (Phi) is 7.06. The largest absolute Gasteiger partial charge is 0.351 e. The van der Waals surface area contributed by atoms with Gasteiger partial charge in [-0.3, -0.25) is 9.59 Å². The highest BCUT2D eigenvalue weighted by atomic mass is 16.2. The minimum atomic E-state index is -0.389. The Hall–Kier alpha value is -2.39. The van der Waals surface area contributed by atoms with Crippen molar-refractivity contribution in [1.82, 2.24) is 5.32 Å². The zero-order valence-corrected chi connectivity index (χ0v) is 13.3. The SMILES string of the molecule is CCNC(=O)C[NH+](CC)[C@H](C)C(=O)Nc1ccccc1C#N. The second kappa shape index (κ2) is 8.80. The molecule has 22 heavy (non-hydrogen) atoms. The zero-order chi connectivity index (χ0) is 16.5. The number of amides is 2. The van der Waals surface area contributed by atoms with Gasteiger partial charge in [0.2, 0.25) is 0 Å². The number of nitriles is 1. The molecule has 0 heterocycles. The molecule has 3 N–H and O–H groups in total. The second-order valence-electron chi connectivity index (χ2n) is 5.01. The van der Waals surface area contributed by atoms with Crippen LogP contribution < -0.4 is 15.5 Å². The first-order valence-electron chi connectivity index (χ1n) is 7.44. The quantitative estimate of drug-likeness (QED) is 0.659. The fourth-order valence-corrected chi connectivity index (χ4v) is 2.17. The van der Waals surface area contributed by atoms with E-state index in [9.17, 15) is 9.59 Å². The molecule has 0 aliphatic heterocycles. The molecule has 1 unspecified atom stereocenters. The van der Waals surface area contributed by atoms with Gasteiger partial charge in [0.15, 0.2) is 12.6 Å². The lowest BCUT2D eigenvalue weighted by molar-refractivity contribution is -0.904. The summed E-state index contributed by atoms with van der Waals surface area (Å²) in [6.07, 6.45) is 0. The predicted molar refractivity (Wildman–Crippen MR) is 84.3 cm³/mol. The summed E-state index contributed by atoms with van der Waals surface area (Å²) in [5.74, 6) is -0.278. The van der Waals surface area contributed by atoms with Gasteiger partial charge >= 0.3 is 0 Å². The summed E-state index contributed by atoms with van der Waals surface area (Å²) in [4.78, 5) is 24.9. The normalized spacial score (nSPS) is 12.8. The summed E-state index contributed by atoms with van der Waals surface area (Å²) >= 11 is 0. The highest BCUT2D eigenvalue weighted by Crippen LogP contribution is 2.13. The molecule has 6 heteroatoms. The van der Waals surface area contributed by atoms with Crippen molar-refractivity contribution in [1.29, 1.82) is 5.26 Å². The highest BCUT2D eigenvalue weighted by Gasteiger charge is 2.26. The Balaban J connectivity index is 2.74. The lowest BCUT2D eigenvalue weighted by Gasteiger charge is -2.23. The van der Waals surface area contributed by atoms with Crippen LogP contribution in [0.1, 0.15) is 26.3 Å².